The van der Waals surface area contributed by atoms with Crippen molar-refractivity contribution in [3.05, 3.63) is 0 Å². The molecule has 0 amide bonds. The highest BCUT2D eigenvalue weighted by atomic mass is 16.8. The van der Waals surface area contributed by atoms with Crippen molar-refractivity contribution in [2.45, 2.75) is 26.9 Å². The Morgan fingerprint density at radius 1 is 1.56 bits per heavy atom. The lowest BCUT2D eigenvalue weighted by atomic mass is 10.5. The zero-order valence-electron chi connectivity index (χ0n) is 6.01. The van der Waals surface area contributed by atoms with Gasteiger partial charge in [0.1, 0.15) is 12.7 Å². The normalized spacial score (nSPS) is 23.4. The van der Waals surface area contributed by atoms with E-state index in [1.807, 2.05) is 13.8 Å². The van der Waals surface area contributed by atoms with Gasteiger partial charge in [-0.25, -0.2) is 4.79 Å². The molecule has 0 N–H and O–H groups in total. The fraction of sp³-hybridized carbons (Fsp3) is 0.833. The van der Waals surface area contributed by atoms with E-state index in [9.17, 15) is 4.79 Å². The fourth-order valence-electron chi connectivity index (χ4n) is 0.418. The van der Waals surface area contributed by atoms with Crippen LogP contribution in [0.1, 0.15) is 20.8 Å². The third-order valence-corrected chi connectivity index (χ3v) is 0.733. The molecule has 1 atom stereocenters. The molecule has 3 heteroatoms. The first-order chi connectivity index (χ1) is 4.29. The maximum absolute atomic E-state index is 10.0. The van der Waals surface area contributed by atoms with Crippen LogP contribution in [-0.2, 0) is 9.47 Å². The lowest BCUT2D eigenvalue weighted by Crippen LogP contribution is -2.01. The summed E-state index contributed by atoms with van der Waals surface area (Å²) in [6, 6.07) is 0. The molecule has 1 rings (SSSR count). The van der Waals surface area contributed by atoms with E-state index in [0.29, 0.717) is 6.61 Å². The van der Waals surface area contributed by atoms with Crippen molar-refractivity contribution >= 4 is 6.16 Å². The van der Waals surface area contributed by atoms with Crippen LogP contribution in [0.2, 0.25) is 0 Å². The van der Waals surface area contributed by atoms with Gasteiger partial charge in [0.25, 0.3) is 0 Å². The summed E-state index contributed by atoms with van der Waals surface area (Å²) in [5.74, 6) is 0. The molecule has 0 aromatic heterocycles. The quantitative estimate of drug-likeness (QED) is 0.469. The Bertz CT molecular complexity index is 90.3. The summed E-state index contributed by atoms with van der Waals surface area (Å²) >= 11 is 0. The molecule has 54 valence electrons. The molecular weight excluding hydrogens is 120 g/mol. The van der Waals surface area contributed by atoms with E-state index in [1.165, 1.54) is 0 Å². The number of cyclic esters (lactones) is 2. The molecule has 0 spiro atoms. The van der Waals surface area contributed by atoms with Crippen LogP contribution in [0.15, 0.2) is 0 Å². The second-order valence-corrected chi connectivity index (χ2v) is 1.49. The number of carbonyl (C=O) groups excluding carboxylic acids is 1. The first-order valence-corrected chi connectivity index (χ1v) is 3.12. The first-order valence-electron chi connectivity index (χ1n) is 3.12. The third-order valence-electron chi connectivity index (χ3n) is 0.733. The Morgan fingerprint density at radius 3 is 2.22 bits per heavy atom. The van der Waals surface area contributed by atoms with Gasteiger partial charge in [0.15, 0.2) is 0 Å². The maximum atomic E-state index is 10.0. The molecule has 0 unspecified atom stereocenters. The van der Waals surface area contributed by atoms with Crippen LogP contribution in [0, 0.1) is 0 Å². The van der Waals surface area contributed by atoms with Crippen LogP contribution in [0.25, 0.3) is 0 Å². The summed E-state index contributed by atoms with van der Waals surface area (Å²) in [6.07, 6.45) is -0.597. The Labute approximate surface area is 55.0 Å². The zero-order chi connectivity index (χ0) is 7.28. The molecule has 0 aliphatic carbocycles. The molecule has 1 fully saturated rings. The highest BCUT2D eigenvalue weighted by Gasteiger charge is 2.19. The van der Waals surface area contributed by atoms with Gasteiger partial charge in [0, 0.05) is 0 Å². The molecule has 1 aliphatic rings. The minimum Gasteiger partial charge on any atom is -0.430 e. The first kappa shape index (κ1) is 8.27. The van der Waals surface area contributed by atoms with Gasteiger partial charge < -0.3 is 9.47 Å². The van der Waals surface area contributed by atoms with Crippen molar-refractivity contribution in [2.75, 3.05) is 6.61 Å². The second kappa shape index (κ2) is 4.18. The molecular formula is C6H12O3. The Morgan fingerprint density at radius 2 is 2.11 bits per heavy atom. The van der Waals surface area contributed by atoms with E-state index < -0.39 is 6.16 Å². The van der Waals surface area contributed by atoms with Crippen molar-refractivity contribution in [1.82, 2.24) is 0 Å². The highest BCUT2D eigenvalue weighted by Crippen LogP contribution is 2.02. The fourth-order valence-corrected chi connectivity index (χ4v) is 0.418. The molecule has 9 heavy (non-hydrogen) atoms. The van der Waals surface area contributed by atoms with Crippen LogP contribution in [0.4, 0.5) is 4.79 Å². The van der Waals surface area contributed by atoms with Gasteiger partial charge in [-0.05, 0) is 6.92 Å². The standard InChI is InChI=1S/C4H6O3.C2H6/c1-3-2-6-4(5)7-3;1-2/h3H,2H2,1H3;1-2H3/t3-;/m1./s1. The van der Waals surface area contributed by atoms with Crippen LogP contribution >= 0.6 is 0 Å². The number of hydrogen-bond donors (Lipinski definition) is 0. The molecule has 0 radical (unpaired) electrons. The number of hydrogen-bond acceptors (Lipinski definition) is 3. The lowest BCUT2D eigenvalue weighted by molar-refractivity contribution is 0.121. The predicted octanol–water partition coefficient (Wildman–Crippen LogP) is 1.57. The Balaban J connectivity index is 0.000000291. The topological polar surface area (TPSA) is 35.5 Å². The van der Waals surface area contributed by atoms with Gasteiger partial charge in [-0.1, -0.05) is 13.8 Å². The summed E-state index contributed by atoms with van der Waals surface area (Å²) in [7, 11) is 0. The molecule has 0 bridgehead atoms. The average Bonchev–Trinajstić information content (AvgIpc) is 2.20. The van der Waals surface area contributed by atoms with Gasteiger partial charge in [-0.3, -0.25) is 0 Å². The van der Waals surface area contributed by atoms with Crippen molar-refractivity contribution in [2.24, 2.45) is 0 Å². The number of carbonyl (C=O) groups is 1. The second-order valence-electron chi connectivity index (χ2n) is 1.49. The van der Waals surface area contributed by atoms with E-state index >= 15 is 0 Å². The predicted molar refractivity (Wildman–Crippen MR) is 33.2 cm³/mol. The van der Waals surface area contributed by atoms with Crippen LogP contribution in [0.3, 0.4) is 0 Å². The van der Waals surface area contributed by atoms with E-state index in [4.69, 9.17) is 0 Å². The molecule has 3 nitrogen and oxygen atoms in total. The monoisotopic (exact) mass is 132 g/mol. The van der Waals surface area contributed by atoms with Crippen molar-refractivity contribution in [1.29, 1.82) is 0 Å². The Kier molecular flexibility index (Phi) is 3.84. The highest BCUT2D eigenvalue weighted by molar-refractivity contribution is 5.61. The lowest BCUT2D eigenvalue weighted by Gasteiger charge is -1.90. The molecule has 0 aromatic carbocycles. The zero-order valence-corrected chi connectivity index (χ0v) is 6.01. The number of ether oxygens (including phenoxy) is 2. The van der Waals surface area contributed by atoms with E-state index in [1.54, 1.807) is 6.92 Å². The summed E-state index contributed by atoms with van der Waals surface area (Å²) in [6.45, 7) is 6.18. The van der Waals surface area contributed by atoms with Gasteiger partial charge in [-0.15, -0.1) is 0 Å². The molecule has 0 saturated carbocycles. The van der Waals surface area contributed by atoms with Gasteiger partial charge >= 0.3 is 6.16 Å². The van der Waals surface area contributed by atoms with E-state index in [0.717, 1.165) is 0 Å². The van der Waals surface area contributed by atoms with Crippen molar-refractivity contribution in [3.8, 4) is 0 Å². The smallest absolute Gasteiger partial charge is 0.430 e. The van der Waals surface area contributed by atoms with Crippen LogP contribution < -0.4 is 0 Å². The summed E-state index contributed by atoms with van der Waals surface area (Å²) < 4.78 is 8.90. The van der Waals surface area contributed by atoms with Crippen LogP contribution in [0.5, 0.6) is 0 Å². The van der Waals surface area contributed by atoms with E-state index in [2.05, 4.69) is 9.47 Å². The van der Waals surface area contributed by atoms with E-state index in [-0.39, 0.29) is 6.10 Å². The summed E-state index contributed by atoms with van der Waals surface area (Å²) in [4.78, 5) is 10.0. The largest absolute Gasteiger partial charge is 0.508 e. The molecule has 1 aliphatic heterocycles. The maximum Gasteiger partial charge on any atom is 0.508 e. The number of rotatable bonds is 0. The molecule has 1 heterocycles. The summed E-state index contributed by atoms with van der Waals surface area (Å²) in [5.41, 5.74) is 0. The van der Waals surface area contributed by atoms with Gasteiger partial charge in [-0.2, -0.15) is 0 Å². The van der Waals surface area contributed by atoms with Crippen molar-refractivity contribution in [3.63, 3.8) is 0 Å². The third kappa shape index (κ3) is 2.95. The minimum absolute atomic E-state index is 0.0486. The SMILES string of the molecule is CC.C[C@@H]1COC(=O)O1. The molecule has 1 saturated heterocycles. The van der Waals surface area contributed by atoms with Crippen LogP contribution in [-0.4, -0.2) is 18.9 Å². The van der Waals surface area contributed by atoms with Crippen molar-refractivity contribution < 1.29 is 14.3 Å². The average molecular weight is 132 g/mol. The minimum atomic E-state index is -0.549. The van der Waals surface area contributed by atoms with Gasteiger partial charge in [0.05, 0.1) is 0 Å². The van der Waals surface area contributed by atoms with Gasteiger partial charge in [0.2, 0.25) is 0 Å². The Hall–Kier alpha value is -0.730. The molecule has 0 aromatic rings. The summed E-state index contributed by atoms with van der Waals surface area (Å²) in [5, 5.41) is 0.